The van der Waals surface area contributed by atoms with Gasteiger partial charge in [0.05, 0.1) is 17.3 Å². The van der Waals surface area contributed by atoms with Gasteiger partial charge in [0, 0.05) is 13.2 Å². The number of hydrogen-bond donors (Lipinski definition) is 2. The Bertz CT molecular complexity index is 398. The second-order valence-corrected chi connectivity index (χ2v) is 4.75. The zero-order valence-corrected chi connectivity index (χ0v) is 11.8. The van der Waals surface area contributed by atoms with Gasteiger partial charge in [0.15, 0.2) is 5.11 Å². The van der Waals surface area contributed by atoms with Gasteiger partial charge in [-0.1, -0.05) is 17.7 Å². The predicted molar refractivity (Wildman–Crippen MR) is 76.9 cm³/mol. The van der Waals surface area contributed by atoms with Gasteiger partial charge in [-0.3, -0.25) is 0 Å². The minimum atomic E-state index is 0.156. The average Bonchev–Trinajstić information content (AvgIpc) is 2.23. The molecule has 0 saturated heterocycles. The van der Waals surface area contributed by atoms with Gasteiger partial charge in [-0.25, -0.2) is 0 Å². The summed E-state index contributed by atoms with van der Waals surface area (Å²) < 4.78 is 5.02. The second kappa shape index (κ2) is 6.79. The van der Waals surface area contributed by atoms with E-state index in [1.165, 1.54) is 0 Å². The highest BCUT2D eigenvalue weighted by atomic mass is 35.5. The van der Waals surface area contributed by atoms with Crippen LogP contribution in [0.25, 0.3) is 0 Å². The third-order valence-electron chi connectivity index (χ3n) is 2.16. The fourth-order valence-electron chi connectivity index (χ4n) is 1.41. The normalized spacial score (nSPS) is 12.0. The van der Waals surface area contributed by atoms with Crippen molar-refractivity contribution in [3.05, 3.63) is 28.8 Å². The van der Waals surface area contributed by atoms with Crippen LogP contribution in [0.15, 0.2) is 18.2 Å². The van der Waals surface area contributed by atoms with E-state index in [1.807, 2.05) is 32.0 Å². The molecule has 0 amide bonds. The van der Waals surface area contributed by atoms with Crippen LogP contribution in [0.1, 0.15) is 12.5 Å². The first-order valence-corrected chi connectivity index (χ1v) is 6.14. The number of methoxy groups -OCH3 is 1. The quantitative estimate of drug-likeness (QED) is 0.826. The topological polar surface area (TPSA) is 33.3 Å². The number of nitrogens with one attached hydrogen (secondary N) is 2. The van der Waals surface area contributed by atoms with Crippen LogP contribution in [0.5, 0.6) is 0 Å². The molecule has 0 bridgehead atoms. The van der Waals surface area contributed by atoms with Crippen LogP contribution in [0.3, 0.4) is 0 Å². The van der Waals surface area contributed by atoms with Crippen molar-refractivity contribution in [3.8, 4) is 0 Å². The molecule has 0 radical (unpaired) electrons. The third-order valence-corrected chi connectivity index (χ3v) is 2.71. The third kappa shape index (κ3) is 4.89. The van der Waals surface area contributed by atoms with Crippen LogP contribution in [-0.4, -0.2) is 24.9 Å². The highest BCUT2D eigenvalue weighted by Crippen LogP contribution is 2.22. The van der Waals surface area contributed by atoms with Crippen molar-refractivity contribution in [2.45, 2.75) is 19.9 Å². The summed E-state index contributed by atoms with van der Waals surface area (Å²) >= 11 is 11.3. The first kappa shape index (κ1) is 14.2. The molecule has 1 rings (SSSR count). The van der Waals surface area contributed by atoms with Crippen LogP contribution in [0.4, 0.5) is 5.69 Å². The van der Waals surface area contributed by atoms with E-state index in [9.17, 15) is 0 Å². The molecule has 0 aliphatic carbocycles. The summed E-state index contributed by atoms with van der Waals surface area (Å²) in [5, 5.41) is 7.38. The molecule has 1 aromatic rings. The van der Waals surface area contributed by atoms with Gasteiger partial charge in [0.1, 0.15) is 0 Å². The zero-order chi connectivity index (χ0) is 12.8. The lowest BCUT2D eigenvalue weighted by atomic mass is 10.2. The summed E-state index contributed by atoms with van der Waals surface area (Å²) in [6.07, 6.45) is 0. The Morgan fingerprint density at radius 2 is 2.24 bits per heavy atom. The summed E-state index contributed by atoms with van der Waals surface area (Å²) in [5.74, 6) is 0. The van der Waals surface area contributed by atoms with E-state index in [-0.39, 0.29) is 6.04 Å². The van der Waals surface area contributed by atoms with Crippen LogP contribution < -0.4 is 10.6 Å². The van der Waals surface area contributed by atoms with Crippen LogP contribution in [0, 0.1) is 6.92 Å². The van der Waals surface area contributed by atoms with Crippen molar-refractivity contribution >= 4 is 34.6 Å². The summed E-state index contributed by atoms with van der Waals surface area (Å²) in [6.45, 7) is 4.60. The average molecular weight is 273 g/mol. The van der Waals surface area contributed by atoms with E-state index in [1.54, 1.807) is 7.11 Å². The lowest BCUT2D eigenvalue weighted by molar-refractivity contribution is 0.179. The zero-order valence-electron chi connectivity index (χ0n) is 10.2. The van der Waals surface area contributed by atoms with Gasteiger partial charge >= 0.3 is 0 Å². The molecule has 94 valence electrons. The SMILES string of the molecule is COCC(C)NC(=S)Nc1cc(C)ccc1Cl. The molecule has 0 aromatic heterocycles. The molecule has 5 heteroatoms. The van der Waals surface area contributed by atoms with Gasteiger partial charge in [-0.05, 0) is 43.8 Å². The van der Waals surface area contributed by atoms with E-state index in [0.717, 1.165) is 11.3 Å². The molecule has 1 unspecified atom stereocenters. The molecule has 0 saturated carbocycles. The number of ether oxygens (including phenoxy) is 1. The van der Waals surface area contributed by atoms with Gasteiger partial charge in [-0.2, -0.15) is 0 Å². The number of thiocarbonyl (C=S) groups is 1. The molecular weight excluding hydrogens is 256 g/mol. The fourth-order valence-corrected chi connectivity index (χ4v) is 1.88. The van der Waals surface area contributed by atoms with Gasteiger partial charge < -0.3 is 15.4 Å². The number of halogens is 1. The molecule has 0 heterocycles. The van der Waals surface area contributed by atoms with Crippen molar-refractivity contribution in [1.82, 2.24) is 5.32 Å². The Hall–Kier alpha value is -0.840. The number of aryl methyl sites for hydroxylation is 1. The summed E-state index contributed by atoms with van der Waals surface area (Å²) in [7, 11) is 1.66. The smallest absolute Gasteiger partial charge is 0.171 e. The molecule has 0 fully saturated rings. The molecule has 3 nitrogen and oxygen atoms in total. The molecule has 0 spiro atoms. The number of anilines is 1. The Kier molecular flexibility index (Phi) is 5.68. The maximum atomic E-state index is 6.06. The van der Waals surface area contributed by atoms with Crippen molar-refractivity contribution in [2.75, 3.05) is 19.0 Å². The predicted octanol–water partition coefficient (Wildman–Crippen LogP) is 2.97. The highest BCUT2D eigenvalue weighted by molar-refractivity contribution is 7.80. The van der Waals surface area contributed by atoms with Gasteiger partial charge in [-0.15, -0.1) is 0 Å². The Morgan fingerprint density at radius 3 is 2.88 bits per heavy atom. The molecule has 0 aliphatic rings. The van der Waals surface area contributed by atoms with Crippen molar-refractivity contribution < 1.29 is 4.74 Å². The van der Waals surface area contributed by atoms with Gasteiger partial charge in [0.2, 0.25) is 0 Å². The van der Waals surface area contributed by atoms with E-state index in [4.69, 9.17) is 28.6 Å². The van der Waals surface area contributed by atoms with Crippen molar-refractivity contribution in [2.24, 2.45) is 0 Å². The highest BCUT2D eigenvalue weighted by Gasteiger charge is 2.06. The number of rotatable bonds is 4. The molecule has 0 aliphatic heterocycles. The van der Waals surface area contributed by atoms with Crippen molar-refractivity contribution in [1.29, 1.82) is 0 Å². The van der Waals surface area contributed by atoms with Crippen LogP contribution in [0.2, 0.25) is 5.02 Å². The molecule has 2 N–H and O–H groups in total. The van der Waals surface area contributed by atoms with E-state index in [0.29, 0.717) is 16.7 Å². The first-order valence-electron chi connectivity index (χ1n) is 5.35. The summed E-state index contributed by atoms with van der Waals surface area (Å²) in [5.41, 5.74) is 1.94. The summed E-state index contributed by atoms with van der Waals surface area (Å²) in [6, 6.07) is 5.92. The van der Waals surface area contributed by atoms with Crippen LogP contribution in [-0.2, 0) is 4.74 Å². The lowest BCUT2D eigenvalue weighted by Crippen LogP contribution is -2.38. The van der Waals surface area contributed by atoms with E-state index >= 15 is 0 Å². The Labute approximate surface area is 112 Å². The maximum absolute atomic E-state index is 6.06. The lowest BCUT2D eigenvalue weighted by Gasteiger charge is -2.17. The maximum Gasteiger partial charge on any atom is 0.171 e. The second-order valence-electron chi connectivity index (χ2n) is 3.94. The molecule has 17 heavy (non-hydrogen) atoms. The fraction of sp³-hybridized carbons (Fsp3) is 0.417. The summed E-state index contributed by atoms with van der Waals surface area (Å²) in [4.78, 5) is 0. The standard InChI is InChI=1S/C12H17ClN2OS/c1-8-4-5-10(13)11(6-8)15-12(17)14-9(2)7-16-3/h4-6,9H,7H2,1-3H3,(H2,14,15,17). The number of hydrogen-bond acceptors (Lipinski definition) is 2. The molecule has 1 aromatic carbocycles. The van der Waals surface area contributed by atoms with Crippen molar-refractivity contribution in [3.63, 3.8) is 0 Å². The number of benzene rings is 1. The first-order chi connectivity index (χ1) is 8.02. The minimum Gasteiger partial charge on any atom is -0.383 e. The monoisotopic (exact) mass is 272 g/mol. The van der Waals surface area contributed by atoms with Gasteiger partial charge in [0.25, 0.3) is 0 Å². The molecular formula is C12H17ClN2OS. The van der Waals surface area contributed by atoms with E-state index < -0.39 is 0 Å². The minimum absolute atomic E-state index is 0.156. The largest absolute Gasteiger partial charge is 0.383 e. The van der Waals surface area contributed by atoms with Crippen LogP contribution >= 0.6 is 23.8 Å². The van der Waals surface area contributed by atoms with E-state index in [2.05, 4.69) is 10.6 Å². The Balaban J connectivity index is 2.58. The Morgan fingerprint density at radius 1 is 1.53 bits per heavy atom. The molecule has 1 atom stereocenters.